The van der Waals surface area contributed by atoms with Crippen molar-refractivity contribution in [3.63, 3.8) is 0 Å². The molecule has 0 radical (unpaired) electrons. The Balaban J connectivity index is 1.43. The third-order valence-corrected chi connectivity index (χ3v) is 7.28. The van der Waals surface area contributed by atoms with Crippen LogP contribution in [0.4, 0.5) is 5.13 Å². The van der Waals surface area contributed by atoms with Crippen molar-refractivity contribution in [2.45, 2.75) is 33.6 Å². The van der Waals surface area contributed by atoms with E-state index >= 15 is 0 Å². The third kappa shape index (κ3) is 4.32. The van der Waals surface area contributed by atoms with Crippen molar-refractivity contribution in [3.8, 4) is 11.3 Å². The van der Waals surface area contributed by atoms with Crippen LogP contribution < -0.4 is 5.32 Å². The van der Waals surface area contributed by atoms with Crippen LogP contribution in [0.15, 0.2) is 35.0 Å². The molecule has 1 aliphatic rings. The minimum Gasteiger partial charge on any atom is -0.337 e. The van der Waals surface area contributed by atoms with Gasteiger partial charge in [0, 0.05) is 24.0 Å². The van der Waals surface area contributed by atoms with Gasteiger partial charge in [0.25, 0.3) is 5.91 Å². The number of carbonyl (C=O) groups excluding carboxylic acids is 2. The lowest BCUT2D eigenvalue weighted by molar-refractivity contribution is -0.121. The van der Waals surface area contributed by atoms with Crippen LogP contribution in [-0.2, 0) is 4.79 Å². The molecule has 1 N–H and O–H groups in total. The fraction of sp³-hybridized carbons (Fsp3) is 0.348. The molecule has 2 amide bonds. The lowest BCUT2D eigenvalue weighted by atomic mass is 9.97. The van der Waals surface area contributed by atoms with Crippen LogP contribution >= 0.6 is 22.7 Å². The van der Waals surface area contributed by atoms with Crippen LogP contribution in [0, 0.1) is 26.7 Å². The van der Waals surface area contributed by atoms with Gasteiger partial charge in [-0.25, -0.2) is 4.98 Å². The molecule has 1 atom stereocenters. The lowest BCUT2D eigenvalue weighted by Crippen LogP contribution is -2.43. The van der Waals surface area contributed by atoms with Crippen molar-refractivity contribution in [2.75, 3.05) is 18.4 Å². The number of likely N-dealkylation sites (tertiary alicyclic amines) is 1. The van der Waals surface area contributed by atoms with Gasteiger partial charge in [0.15, 0.2) is 5.13 Å². The summed E-state index contributed by atoms with van der Waals surface area (Å²) >= 11 is 2.88. The zero-order chi connectivity index (χ0) is 21.3. The number of nitrogens with one attached hydrogen (secondary N) is 1. The number of benzene rings is 1. The molecular weight excluding hydrogens is 414 g/mol. The number of amides is 2. The van der Waals surface area contributed by atoms with Crippen molar-refractivity contribution >= 4 is 39.6 Å². The Morgan fingerprint density at radius 3 is 2.70 bits per heavy atom. The number of aryl methyl sites for hydroxylation is 3. The van der Waals surface area contributed by atoms with Crippen LogP contribution in [0.3, 0.4) is 0 Å². The number of nitrogens with zero attached hydrogens (tertiary/aromatic N) is 2. The maximum absolute atomic E-state index is 12.9. The second-order valence-corrected chi connectivity index (χ2v) is 9.65. The number of aromatic nitrogens is 1. The van der Waals surface area contributed by atoms with Gasteiger partial charge in [-0.3, -0.25) is 9.59 Å². The average molecular weight is 440 g/mol. The van der Waals surface area contributed by atoms with E-state index in [-0.39, 0.29) is 17.7 Å². The molecule has 0 bridgehead atoms. The highest BCUT2D eigenvalue weighted by atomic mass is 32.1. The molecule has 30 heavy (non-hydrogen) atoms. The van der Waals surface area contributed by atoms with Crippen molar-refractivity contribution < 1.29 is 9.59 Å². The number of hydrogen-bond donors (Lipinski definition) is 1. The Kier molecular flexibility index (Phi) is 6.01. The van der Waals surface area contributed by atoms with Gasteiger partial charge in [-0.15, -0.1) is 22.7 Å². The number of carbonyl (C=O) groups is 2. The average Bonchev–Trinajstić information content (AvgIpc) is 3.42. The molecule has 1 aliphatic heterocycles. The van der Waals surface area contributed by atoms with Gasteiger partial charge in [0.05, 0.1) is 16.5 Å². The zero-order valence-corrected chi connectivity index (χ0v) is 19.0. The third-order valence-electron chi connectivity index (χ3n) is 5.66. The highest BCUT2D eigenvalue weighted by molar-refractivity contribution is 7.14. The van der Waals surface area contributed by atoms with E-state index in [2.05, 4.69) is 43.2 Å². The predicted molar refractivity (Wildman–Crippen MR) is 123 cm³/mol. The van der Waals surface area contributed by atoms with E-state index < -0.39 is 0 Å². The summed E-state index contributed by atoms with van der Waals surface area (Å²) in [6.07, 6.45) is 1.62. The van der Waals surface area contributed by atoms with Crippen LogP contribution in [0.1, 0.15) is 39.2 Å². The smallest absolute Gasteiger partial charge is 0.263 e. The molecule has 5 nitrogen and oxygen atoms in total. The zero-order valence-electron chi connectivity index (χ0n) is 17.4. The van der Waals surface area contributed by atoms with E-state index in [1.807, 2.05) is 22.9 Å². The Morgan fingerprint density at radius 1 is 1.13 bits per heavy atom. The molecule has 1 aromatic carbocycles. The van der Waals surface area contributed by atoms with Crippen molar-refractivity contribution in [2.24, 2.45) is 5.92 Å². The van der Waals surface area contributed by atoms with Crippen LogP contribution in [0.25, 0.3) is 11.3 Å². The van der Waals surface area contributed by atoms with Crippen LogP contribution in [-0.4, -0.2) is 34.8 Å². The largest absolute Gasteiger partial charge is 0.337 e. The molecule has 7 heteroatoms. The van der Waals surface area contributed by atoms with E-state index in [4.69, 9.17) is 0 Å². The predicted octanol–water partition coefficient (Wildman–Crippen LogP) is 5.29. The summed E-state index contributed by atoms with van der Waals surface area (Å²) in [5.41, 5.74) is 5.65. The highest BCUT2D eigenvalue weighted by Crippen LogP contribution is 2.30. The molecule has 0 spiro atoms. The second-order valence-electron chi connectivity index (χ2n) is 7.85. The molecule has 1 fully saturated rings. The van der Waals surface area contributed by atoms with Gasteiger partial charge in [0.2, 0.25) is 5.91 Å². The molecular formula is C23H25N3O2S2. The molecule has 2 aromatic heterocycles. The number of anilines is 1. The summed E-state index contributed by atoms with van der Waals surface area (Å²) in [6, 6.07) is 8.04. The molecule has 4 rings (SSSR count). The molecule has 3 aromatic rings. The standard InChI is InChI=1S/C23H25N3O2S2/c1-14-10-16(3)18(11-15(14)2)19-13-30-23(24-19)25-21(27)17-6-4-8-26(12-17)22(28)20-7-5-9-29-20/h5,7,9-11,13,17H,4,6,8,12H2,1-3H3,(H,24,25,27). The molecule has 1 unspecified atom stereocenters. The Morgan fingerprint density at radius 2 is 1.93 bits per heavy atom. The van der Waals surface area contributed by atoms with E-state index in [9.17, 15) is 9.59 Å². The maximum Gasteiger partial charge on any atom is 0.263 e. The van der Waals surface area contributed by atoms with E-state index in [0.29, 0.717) is 18.2 Å². The fourth-order valence-electron chi connectivity index (χ4n) is 3.83. The monoisotopic (exact) mass is 439 g/mol. The first kappa shape index (κ1) is 20.8. The summed E-state index contributed by atoms with van der Waals surface area (Å²) in [4.78, 5) is 32.7. The minimum atomic E-state index is -0.210. The van der Waals surface area contributed by atoms with Gasteiger partial charge >= 0.3 is 0 Å². The lowest BCUT2D eigenvalue weighted by Gasteiger charge is -2.31. The first-order valence-electron chi connectivity index (χ1n) is 10.1. The summed E-state index contributed by atoms with van der Waals surface area (Å²) in [7, 11) is 0. The number of rotatable bonds is 4. The Hall–Kier alpha value is -2.51. The van der Waals surface area contributed by atoms with E-state index in [1.54, 1.807) is 4.90 Å². The van der Waals surface area contributed by atoms with Crippen molar-refractivity contribution in [1.29, 1.82) is 0 Å². The topological polar surface area (TPSA) is 62.3 Å². The SMILES string of the molecule is Cc1cc(C)c(-c2csc(NC(=O)C3CCCN(C(=O)c4cccs4)C3)n2)cc1C. The highest BCUT2D eigenvalue weighted by Gasteiger charge is 2.29. The molecule has 1 saturated heterocycles. The number of thiophene rings is 1. The van der Waals surface area contributed by atoms with E-state index in [0.717, 1.165) is 29.0 Å². The molecule has 0 aliphatic carbocycles. The number of hydrogen-bond acceptors (Lipinski definition) is 5. The Labute approximate surface area is 184 Å². The first-order valence-corrected chi connectivity index (χ1v) is 11.9. The molecule has 156 valence electrons. The summed E-state index contributed by atoms with van der Waals surface area (Å²) < 4.78 is 0. The quantitative estimate of drug-likeness (QED) is 0.601. The van der Waals surface area contributed by atoms with E-state index in [1.165, 1.54) is 39.4 Å². The molecule has 3 heterocycles. The summed E-state index contributed by atoms with van der Waals surface area (Å²) in [5.74, 6) is -0.251. The van der Waals surface area contributed by atoms with Crippen molar-refractivity contribution in [1.82, 2.24) is 9.88 Å². The summed E-state index contributed by atoms with van der Waals surface area (Å²) in [5, 5.41) is 7.47. The normalized spacial score (nSPS) is 16.5. The van der Waals surface area contributed by atoms with Gasteiger partial charge in [-0.2, -0.15) is 0 Å². The van der Waals surface area contributed by atoms with Gasteiger partial charge < -0.3 is 10.2 Å². The Bertz CT molecular complexity index is 1070. The van der Waals surface area contributed by atoms with Gasteiger partial charge in [0.1, 0.15) is 0 Å². The van der Waals surface area contributed by atoms with Crippen molar-refractivity contribution in [3.05, 3.63) is 56.6 Å². The number of thiazole rings is 1. The second kappa shape index (κ2) is 8.70. The number of piperidine rings is 1. The molecule has 0 saturated carbocycles. The van der Waals surface area contributed by atoms with Crippen LogP contribution in [0.2, 0.25) is 0 Å². The minimum absolute atomic E-state index is 0.0178. The summed E-state index contributed by atoms with van der Waals surface area (Å²) in [6.45, 7) is 7.45. The van der Waals surface area contributed by atoms with Gasteiger partial charge in [-0.1, -0.05) is 12.1 Å². The van der Waals surface area contributed by atoms with Crippen LogP contribution in [0.5, 0.6) is 0 Å². The van der Waals surface area contributed by atoms with Gasteiger partial charge in [-0.05, 0) is 67.8 Å². The fourth-order valence-corrected chi connectivity index (χ4v) is 5.23. The maximum atomic E-state index is 12.9. The first-order chi connectivity index (χ1) is 14.4.